The van der Waals surface area contributed by atoms with Crippen molar-refractivity contribution in [2.45, 2.75) is 19.9 Å². The lowest BCUT2D eigenvalue weighted by atomic mass is 9.96. The van der Waals surface area contributed by atoms with E-state index >= 15 is 0 Å². The van der Waals surface area contributed by atoms with Crippen molar-refractivity contribution >= 4 is 29.2 Å². The number of H-pyrrole nitrogens is 1. The summed E-state index contributed by atoms with van der Waals surface area (Å²) in [5.74, 6) is 0.152. The van der Waals surface area contributed by atoms with Gasteiger partial charge in [0, 0.05) is 21.8 Å². The summed E-state index contributed by atoms with van der Waals surface area (Å²) >= 11 is 6.17. The molecule has 182 valence electrons. The van der Waals surface area contributed by atoms with E-state index in [4.69, 9.17) is 21.1 Å². The van der Waals surface area contributed by atoms with Crippen LogP contribution in [0.2, 0.25) is 5.02 Å². The maximum atomic E-state index is 13.7. The summed E-state index contributed by atoms with van der Waals surface area (Å²) in [6.45, 7) is 4.56. The first-order chi connectivity index (χ1) is 17.5. The van der Waals surface area contributed by atoms with Gasteiger partial charge in [-0.05, 0) is 80.1 Å². The molecule has 1 atom stereocenters. The molecule has 0 aliphatic carbocycles. The third-order valence-corrected chi connectivity index (χ3v) is 6.30. The van der Waals surface area contributed by atoms with Gasteiger partial charge in [0.2, 0.25) is 0 Å². The van der Waals surface area contributed by atoms with Gasteiger partial charge in [-0.2, -0.15) is 5.10 Å². The van der Waals surface area contributed by atoms with Crippen molar-refractivity contribution in [3.05, 3.63) is 100 Å². The molecule has 1 N–H and O–H groups in total. The standard InChI is InChI=1S/C28H24ClN3O4/c1-3-35-22-15-9-17(10-16-22)24-23-25(31-30-24)27(33)32(26(23)18-5-11-20(29)12-6-18)21-13-7-19(8-14-21)28(34)36-4-2/h5-16,26H,3-4H2,1-2H3,(H,30,31)/t26-/m0/s1. The first-order valence-corrected chi connectivity index (χ1v) is 12.1. The van der Waals surface area contributed by atoms with E-state index in [2.05, 4.69) is 10.2 Å². The molecule has 1 aromatic heterocycles. The molecular formula is C28H24ClN3O4. The van der Waals surface area contributed by atoms with Gasteiger partial charge >= 0.3 is 5.97 Å². The zero-order valence-electron chi connectivity index (χ0n) is 19.8. The Hall–Kier alpha value is -4.10. The van der Waals surface area contributed by atoms with Crippen LogP contribution in [-0.4, -0.2) is 35.3 Å². The SMILES string of the molecule is CCOC(=O)c1ccc(N2C(=O)c3[nH]nc(-c4ccc(OCC)cc4)c3[C@@H]2c2ccc(Cl)cc2)cc1. The number of carbonyl (C=O) groups is 2. The highest BCUT2D eigenvalue weighted by Gasteiger charge is 2.43. The van der Waals surface area contributed by atoms with Crippen LogP contribution in [0.15, 0.2) is 72.8 Å². The minimum atomic E-state index is -0.446. The smallest absolute Gasteiger partial charge is 0.338 e. The number of halogens is 1. The van der Waals surface area contributed by atoms with Gasteiger partial charge in [-0.1, -0.05) is 23.7 Å². The molecule has 0 radical (unpaired) electrons. The Balaban J connectivity index is 1.60. The van der Waals surface area contributed by atoms with Gasteiger partial charge < -0.3 is 9.47 Å². The number of benzene rings is 3. The normalized spacial score (nSPS) is 14.6. The lowest BCUT2D eigenvalue weighted by molar-refractivity contribution is 0.0526. The Morgan fingerprint density at radius 1 is 0.972 bits per heavy atom. The van der Waals surface area contributed by atoms with Gasteiger partial charge in [0.15, 0.2) is 0 Å². The number of hydrogen-bond acceptors (Lipinski definition) is 5. The van der Waals surface area contributed by atoms with E-state index < -0.39 is 12.0 Å². The van der Waals surface area contributed by atoms with Crippen molar-refractivity contribution in [2.24, 2.45) is 0 Å². The number of nitrogens with one attached hydrogen (secondary N) is 1. The van der Waals surface area contributed by atoms with Gasteiger partial charge in [-0.15, -0.1) is 0 Å². The van der Waals surface area contributed by atoms with Crippen LogP contribution in [0.4, 0.5) is 5.69 Å². The lowest BCUT2D eigenvalue weighted by Gasteiger charge is -2.26. The van der Waals surface area contributed by atoms with Crippen LogP contribution in [0.3, 0.4) is 0 Å². The van der Waals surface area contributed by atoms with Crippen molar-refractivity contribution < 1.29 is 19.1 Å². The van der Waals surface area contributed by atoms with E-state index in [1.807, 2.05) is 43.3 Å². The van der Waals surface area contributed by atoms with Crippen molar-refractivity contribution in [2.75, 3.05) is 18.1 Å². The number of aromatic amines is 1. The number of hydrogen-bond donors (Lipinski definition) is 1. The number of esters is 1. The van der Waals surface area contributed by atoms with E-state index in [0.29, 0.717) is 40.9 Å². The topological polar surface area (TPSA) is 84.5 Å². The summed E-state index contributed by atoms with van der Waals surface area (Å²) in [6.07, 6.45) is 0. The predicted octanol–water partition coefficient (Wildman–Crippen LogP) is 6.06. The van der Waals surface area contributed by atoms with Gasteiger partial charge in [-0.25, -0.2) is 4.79 Å². The molecule has 1 aliphatic heterocycles. The minimum Gasteiger partial charge on any atom is -0.494 e. The Kier molecular flexibility index (Phi) is 6.48. The molecule has 0 saturated heterocycles. The van der Waals surface area contributed by atoms with Crippen LogP contribution in [0.1, 0.15) is 51.9 Å². The van der Waals surface area contributed by atoms with Crippen LogP contribution < -0.4 is 9.64 Å². The average Bonchev–Trinajstić information content (AvgIpc) is 3.44. The van der Waals surface area contributed by atoms with Crippen molar-refractivity contribution in [3.63, 3.8) is 0 Å². The molecule has 1 aliphatic rings. The predicted molar refractivity (Wildman–Crippen MR) is 138 cm³/mol. The maximum Gasteiger partial charge on any atom is 0.338 e. The molecule has 2 heterocycles. The van der Waals surface area contributed by atoms with E-state index in [-0.39, 0.29) is 5.91 Å². The second-order valence-electron chi connectivity index (χ2n) is 8.21. The van der Waals surface area contributed by atoms with Crippen LogP contribution in [-0.2, 0) is 4.74 Å². The number of fused-ring (bicyclic) bond motifs is 1. The number of carbonyl (C=O) groups excluding carboxylic acids is 2. The van der Waals surface area contributed by atoms with Crippen LogP contribution in [0, 0.1) is 0 Å². The summed E-state index contributed by atoms with van der Waals surface area (Å²) in [6, 6.07) is 21.5. The molecule has 3 aromatic carbocycles. The Bertz CT molecular complexity index is 1400. The lowest BCUT2D eigenvalue weighted by Crippen LogP contribution is -2.29. The van der Waals surface area contributed by atoms with Crippen molar-refractivity contribution in [1.82, 2.24) is 10.2 Å². The molecule has 0 bridgehead atoms. The highest BCUT2D eigenvalue weighted by atomic mass is 35.5. The van der Waals surface area contributed by atoms with Gasteiger partial charge in [0.1, 0.15) is 11.4 Å². The van der Waals surface area contributed by atoms with Crippen LogP contribution in [0.5, 0.6) is 5.75 Å². The van der Waals surface area contributed by atoms with E-state index in [9.17, 15) is 9.59 Å². The zero-order chi connectivity index (χ0) is 25.2. The van der Waals surface area contributed by atoms with E-state index in [1.165, 1.54) is 0 Å². The fraction of sp³-hybridized carbons (Fsp3) is 0.179. The molecule has 0 spiro atoms. The van der Waals surface area contributed by atoms with E-state index in [1.54, 1.807) is 48.2 Å². The number of nitrogens with zero attached hydrogens (tertiary/aromatic N) is 2. The summed E-state index contributed by atoms with van der Waals surface area (Å²) < 4.78 is 10.7. The molecule has 8 heteroatoms. The fourth-order valence-electron chi connectivity index (χ4n) is 4.44. The molecule has 7 nitrogen and oxygen atoms in total. The van der Waals surface area contributed by atoms with Crippen molar-refractivity contribution in [1.29, 1.82) is 0 Å². The number of amides is 1. The number of ether oxygens (including phenoxy) is 2. The van der Waals surface area contributed by atoms with Gasteiger partial charge in [0.25, 0.3) is 5.91 Å². The van der Waals surface area contributed by atoms with Gasteiger partial charge in [-0.3, -0.25) is 14.8 Å². The third kappa shape index (κ3) is 4.22. The second kappa shape index (κ2) is 9.87. The number of rotatable bonds is 7. The molecule has 0 saturated carbocycles. The van der Waals surface area contributed by atoms with Crippen molar-refractivity contribution in [3.8, 4) is 17.0 Å². The average molecular weight is 502 g/mol. The second-order valence-corrected chi connectivity index (χ2v) is 8.65. The molecule has 1 amide bonds. The maximum absolute atomic E-state index is 13.7. The molecule has 0 unspecified atom stereocenters. The summed E-state index contributed by atoms with van der Waals surface area (Å²) in [5.41, 5.74) is 4.71. The summed E-state index contributed by atoms with van der Waals surface area (Å²) in [7, 11) is 0. The molecule has 0 fully saturated rings. The Morgan fingerprint density at radius 2 is 1.67 bits per heavy atom. The van der Waals surface area contributed by atoms with Crippen LogP contribution in [0.25, 0.3) is 11.3 Å². The highest BCUT2D eigenvalue weighted by Crippen LogP contribution is 2.45. The fourth-order valence-corrected chi connectivity index (χ4v) is 4.57. The molecule has 36 heavy (non-hydrogen) atoms. The first-order valence-electron chi connectivity index (χ1n) is 11.7. The summed E-state index contributed by atoms with van der Waals surface area (Å²) in [5, 5.41) is 8.08. The molecule has 5 rings (SSSR count). The molecule has 4 aromatic rings. The monoisotopic (exact) mass is 501 g/mol. The first kappa shape index (κ1) is 23.6. The Morgan fingerprint density at radius 3 is 2.31 bits per heavy atom. The van der Waals surface area contributed by atoms with Crippen LogP contribution >= 0.6 is 11.6 Å². The minimum absolute atomic E-state index is 0.210. The number of anilines is 1. The van der Waals surface area contributed by atoms with Gasteiger partial charge in [0.05, 0.1) is 30.5 Å². The summed E-state index contributed by atoms with van der Waals surface area (Å²) in [4.78, 5) is 27.5. The highest BCUT2D eigenvalue weighted by molar-refractivity contribution is 6.30. The molecular weight excluding hydrogens is 478 g/mol. The Labute approximate surface area is 213 Å². The third-order valence-electron chi connectivity index (χ3n) is 6.05. The van der Waals surface area contributed by atoms with E-state index in [0.717, 1.165) is 22.4 Å². The quantitative estimate of drug-likeness (QED) is 0.311. The zero-order valence-corrected chi connectivity index (χ0v) is 20.6. The largest absolute Gasteiger partial charge is 0.494 e. The number of aromatic nitrogens is 2.